The summed E-state index contributed by atoms with van der Waals surface area (Å²) >= 11 is 0. The van der Waals surface area contributed by atoms with E-state index in [2.05, 4.69) is 5.32 Å². The summed E-state index contributed by atoms with van der Waals surface area (Å²) in [6.07, 6.45) is 1.10. The van der Waals surface area contributed by atoms with Crippen LogP contribution in [-0.2, 0) is 21.4 Å². The van der Waals surface area contributed by atoms with E-state index in [4.69, 9.17) is 4.74 Å². The van der Waals surface area contributed by atoms with Crippen molar-refractivity contribution in [3.05, 3.63) is 59.7 Å². The van der Waals surface area contributed by atoms with Crippen LogP contribution in [0.4, 0.5) is 5.69 Å². The van der Waals surface area contributed by atoms with Gasteiger partial charge in [-0.2, -0.15) is 0 Å². The quantitative estimate of drug-likeness (QED) is 0.752. The van der Waals surface area contributed by atoms with Gasteiger partial charge in [0, 0.05) is 6.54 Å². The fourth-order valence-electron chi connectivity index (χ4n) is 2.82. The summed E-state index contributed by atoms with van der Waals surface area (Å²) < 4.78 is 31.2. The lowest BCUT2D eigenvalue weighted by atomic mass is 10.2. The predicted molar refractivity (Wildman–Crippen MR) is 107 cm³/mol. The van der Waals surface area contributed by atoms with Crippen LogP contribution in [0, 0.1) is 6.92 Å². The molecule has 2 rings (SSSR count). The molecule has 1 N–H and O–H groups in total. The van der Waals surface area contributed by atoms with Crippen molar-refractivity contribution in [2.75, 3.05) is 17.2 Å². The Morgan fingerprint density at radius 3 is 2.52 bits per heavy atom. The third kappa shape index (κ3) is 5.72. The van der Waals surface area contributed by atoms with Crippen LogP contribution in [0.25, 0.3) is 0 Å². The summed E-state index contributed by atoms with van der Waals surface area (Å²) in [6, 6.07) is 13.6. The number of nitrogens with zero attached hydrogens (tertiary/aromatic N) is 1. The molecule has 0 aliphatic heterocycles. The Balaban J connectivity index is 2.14. The van der Waals surface area contributed by atoms with Crippen molar-refractivity contribution in [3.63, 3.8) is 0 Å². The topological polar surface area (TPSA) is 75.7 Å². The van der Waals surface area contributed by atoms with Gasteiger partial charge in [-0.25, -0.2) is 8.42 Å². The number of nitrogens with one attached hydrogen (secondary N) is 1. The SMILES string of the molecule is CCOc1cccc(CNC(=O)C(C)N(c2cccc(C)c2)S(C)(=O)=O)c1. The monoisotopic (exact) mass is 390 g/mol. The van der Waals surface area contributed by atoms with Crippen LogP contribution in [0.3, 0.4) is 0 Å². The summed E-state index contributed by atoms with van der Waals surface area (Å²) in [6.45, 7) is 6.21. The van der Waals surface area contributed by atoms with Crippen molar-refractivity contribution in [1.29, 1.82) is 0 Å². The molecule has 6 nitrogen and oxygen atoms in total. The first-order chi connectivity index (χ1) is 12.7. The maximum absolute atomic E-state index is 12.6. The second kappa shape index (κ2) is 8.90. The molecule has 0 aliphatic rings. The Bertz CT molecular complexity index is 896. The van der Waals surface area contributed by atoms with Gasteiger partial charge in [-0.3, -0.25) is 9.10 Å². The van der Waals surface area contributed by atoms with Gasteiger partial charge in [-0.05, 0) is 56.2 Å². The van der Waals surface area contributed by atoms with Crippen LogP contribution in [0.2, 0.25) is 0 Å². The van der Waals surface area contributed by atoms with E-state index in [-0.39, 0.29) is 12.5 Å². The molecule has 146 valence electrons. The number of hydrogen-bond acceptors (Lipinski definition) is 4. The van der Waals surface area contributed by atoms with Crippen LogP contribution < -0.4 is 14.4 Å². The average Bonchev–Trinajstić information content (AvgIpc) is 2.59. The molecule has 0 spiro atoms. The third-order valence-electron chi connectivity index (χ3n) is 4.02. The molecule has 0 aromatic heterocycles. The lowest BCUT2D eigenvalue weighted by Crippen LogP contribution is -2.47. The smallest absolute Gasteiger partial charge is 0.243 e. The largest absolute Gasteiger partial charge is 0.494 e. The first-order valence-corrected chi connectivity index (χ1v) is 10.6. The highest BCUT2D eigenvalue weighted by molar-refractivity contribution is 7.92. The van der Waals surface area contributed by atoms with E-state index in [1.165, 1.54) is 0 Å². The first kappa shape index (κ1) is 20.8. The van der Waals surface area contributed by atoms with Gasteiger partial charge in [0.2, 0.25) is 15.9 Å². The maximum Gasteiger partial charge on any atom is 0.243 e. The average molecular weight is 391 g/mol. The lowest BCUT2D eigenvalue weighted by Gasteiger charge is -2.28. The van der Waals surface area contributed by atoms with Crippen LogP contribution >= 0.6 is 0 Å². The molecule has 27 heavy (non-hydrogen) atoms. The molecule has 0 heterocycles. The molecule has 1 atom stereocenters. The second-order valence-corrected chi connectivity index (χ2v) is 8.23. The molecule has 0 aliphatic carbocycles. The summed E-state index contributed by atoms with van der Waals surface area (Å²) in [4.78, 5) is 12.6. The molecule has 1 unspecified atom stereocenters. The van der Waals surface area contributed by atoms with E-state index in [1.54, 1.807) is 25.1 Å². The second-order valence-electron chi connectivity index (χ2n) is 6.37. The van der Waals surface area contributed by atoms with Gasteiger partial charge in [0.25, 0.3) is 0 Å². The zero-order valence-electron chi connectivity index (χ0n) is 16.1. The first-order valence-electron chi connectivity index (χ1n) is 8.78. The molecule has 0 fully saturated rings. The van der Waals surface area contributed by atoms with Gasteiger partial charge in [0.15, 0.2) is 0 Å². The highest BCUT2D eigenvalue weighted by Gasteiger charge is 2.29. The number of anilines is 1. The fourth-order valence-corrected chi connectivity index (χ4v) is 3.99. The Hall–Kier alpha value is -2.54. The minimum absolute atomic E-state index is 0.287. The molecule has 1 amide bonds. The van der Waals surface area contributed by atoms with Crippen LogP contribution in [0.1, 0.15) is 25.0 Å². The van der Waals surface area contributed by atoms with Crippen LogP contribution in [0.15, 0.2) is 48.5 Å². The molecular weight excluding hydrogens is 364 g/mol. The van der Waals surface area contributed by atoms with Gasteiger partial charge in [0.05, 0.1) is 18.6 Å². The highest BCUT2D eigenvalue weighted by atomic mass is 32.2. The Morgan fingerprint density at radius 1 is 1.19 bits per heavy atom. The number of amides is 1. The van der Waals surface area contributed by atoms with Crippen molar-refractivity contribution in [2.45, 2.75) is 33.4 Å². The van der Waals surface area contributed by atoms with Crippen molar-refractivity contribution >= 4 is 21.6 Å². The molecule has 2 aromatic rings. The van der Waals surface area contributed by atoms with Crippen molar-refractivity contribution in [2.24, 2.45) is 0 Å². The van der Waals surface area contributed by atoms with E-state index >= 15 is 0 Å². The predicted octanol–water partition coefficient (Wildman–Crippen LogP) is 2.86. The normalized spacial score (nSPS) is 12.3. The van der Waals surface area contributed by atoms with E-state index < -0.39 is 16.1 Å². The zero-order chi connectivity index (χ0) is 20.0. The summed E-state index contributed by atoms with van der Waals surface area (Å²) in [5.74, 6) is 0.360. The highest BCUT2D eigenvalue weighted by Crippen LogP contribution is 2.22. The van der Waals surface area contributed by atoms with Crippen LogP contribution in [0.5, 0.6) is 5.75 Å². The summed E-state index contributed by atoms with van der Waals surface area (Å²) in [5.41, 5.74) is 2.27. The number of carbonyl (C=O) groups excluding carboxylic acids is 1. The number of hydrogen-bond donors (Lipinski definition) is 1. The number of ether oxygens (including phenoxy) is 1. The Kier molecular flexibility index (Phi) is 6.85. The van der Waals surface area contributed by atoms with Gasteiger partial charge < -0.3 is 10.1 Å². The minimum Gasteiger partial charge on any atom is -0.494 e. The number of carbonyl (C=O) groups is 1. The molecule has 2 aromatic carbocycles. The fraction of sp³-hybridized carbons (Fsp3) is 0.350. The number of benzene rings is 2. The van der Waals surface area contributed by atoms with E-state index in [0.717, 1.165) is 27.4 Å². The summed E-state index contributed by atoms with van der Waals surface area (Å²) in [5, 5.41) is 2.80. The lowest BCUT2D eigenvalue weighted by molar-refractivity contribution is -0.122. The van der Waals surface area contributed by atoms with E-state index in [0.29, 0.717) is 12.3 Å². The Morgan fingerprint density at radius 2 is 1.89 bits per heavy atom. The van der Waals surface area contributed by atoms with Gasteiger partial charge >= 0.3 is 0 Å². The molecular formula is C20H26N2O4S. The third-order valence-corrected chi connectivity index (χ3v) is 5.26. The molecule has 0 bridgehead atoms. The van der Waals surface area contributed by atoms with E-state index in [1.807, 2.05) is 44.2 Å². The summed E-state index contributed by atoms with van der Waals surface area (Å²) in [7, 11) is -3.62. The number of aryl methyl sites for hydroxylation is 1. The standard InChI is InChI=1S/C20H26N2O4S/c1-5-26-19-11-7-9-17(13-19)14-21-20(23)16(3)22(27(4,24)25)18-10-6-8-15(2)12-18/h6-13,16H,5,14H2,1-4H3,(H,21,23). The number of rotatable bonds is 8. The molecule has 7 heteroatoms. The molecule has 0 saturated heterocycles. The molecule has 0 saturated carbocycles. The van der Waals surface area contributed by atoms with E-state index in [9.17, 15) is 13.2 Å². The van der Waals surface area contributed by atoms with Gasteiger partial charge in [-0.15, -0.1) is 0 Å². The minimum atomic E-state index is -3.62. The molecule has 0 radical (unpaired) electrons. The van der Waals surface area contributed by atoms with Gasteiger partial charge in [-0.1, -0.05) is 24.3 Å². The van der Waals surface area contributed by atoms with Gasteiger partial charge in [0.1, 0.15) is 11.8 Å². The van der Waals surface area contributed by atoms with Crippen molar-refractivity contribution in [1.82, 2.24) is 5.32 Å². The number of sulfonamides is 1. The van der Waals surface area contributed by atoms with Crippen molar-refractivity contribution in [3.8, 4) is 5.75 Å². The maximum atomic E-state index is 12.6. The van der Waals surface area contributed by atoms with Crippen molar-refractivity contribution < 1.29 is 17.9 Å². The zero-order valence-corrected chi connectivity index (χ0v) is 16.9. The Labute approximate surface area is 161 Å². The van der Waals surface area contributed by atoms with Crippen LogP contribution in [-0.4, -0.2) is 33.2 Å².